The third-order valence-corrected chi connectivity index (χ3v) is 6.85. The van der Waals surface area contributed by atoms with Crippen LogP contribution in [0.5, 0.6) is 5.75 Å². The maximum atomic E-state index is 14.8. The van der Waals surface area contributed by atoms with Gasteiger partial charge in [-0.15, -0.1) is 0 Å². The molecule has 8 nitrogen and oxygen atoms in total. The number of nitrogens with one attached hydrogen (secondary N) is 2. The Morgan fingerprint density at radius 1 is 1.19 bits per heavy atom. The topological polar surface area (TPSA) is 107 Å². The second-order valence-electron chi connectivity index (χ2n) is 9.08. The molecule has 1 aliphatic rings. The van der Waals surface area contributed by atoms with Gasteiger partial charge in [-0.05, 0) is 61.6 Å². The van der Waals surface area contributed by atoms with Gasteiger partial charge in [0.2, 0.25) is 5.82 Å². The van der Waals surface area contributed by atoms with E-state index in [-0.39, 0.29) is 29.3 Å². The van der Waals surface area contributed by atoms with Crippen LogP contribution in [0.2, 0.25) is 0 Å². The Hall–Kier alpha value is -4.05. The van der Waals surface area contributed by atoms with Crippen LogP contribution in [-0.4, -0.2) is 39.5 Å². The van der Waals surface area contributed by atoms with Crippen molar-refractivity contribution in [2.24, 2.45) is 5.73 Å². The molecule has 192 valence electrons. The molecule has 0 unspecified atom stereocenters. The Balaban J connectivity index is 1.43. The summed E-state index contributed by atoms with van der Waals surface area (Å²) in [5, 5.41) is 6.31. The molecule has 1 aliphatic carbocycles. The van der Waals surface area contributed by atoms with E-state index in [0.717, 1.165) is 30.5 Å². The number of rotatable bonds is 7. The van der Waals surface area contributed by atoms with Crippen LogP contribution in [-0.2, 0) is 6.42 Å². The number of aryl methyl sites for hydroxylation is 1. The fraction of sp³-hybridized carbons (Fsp3) is 0.296. The van der Waals surface area contributed by atoms with Gasteiger partial charge in [0.05, 0.1) is 19.0 Å². The number of fused-ring (bicyclic) bond motifs is 1. The molecule has 2 aromatic carbocycles. The van der Waals surface area contributed by atoms with Gasteiger partial charge in [-0.2, -0.15) is 4.39 Å². The van der Waals surface area contributed by atoms with Gasteiger partial charge in [0.1, 0.15) is 0 Å². The number of aromatic nitrogens is 3. The number of carbonyl (C=O) groups excluding carboxylic acids is 1. The number of benzene rings is 2. The van der Waals surface area contributed by atoms with Gasteiger partial charge in [0, 0.05) is 41.3 Å². The molecule has 2 atom stereocenters. The van der Waals surface area contributed by atoms with Crippen molar-refractivity contribution < 1.29 is 18.3 Å². The number of methoxy groups -OCH3 is 1. The third-order valence-electron chi connectivity index (χ3n) is 6.85. The standard InChI is InChI=1S/C27H28F2N6O2/c1-3-15-13-16(7-8-17(15)27(36)34-20-6-4-5-19(20)30)33-25-26-32-14-21(35(26)12-11-31-25)18-9-10-22(37-2)24(29)23(18)28/h7-14,19-20H,3-6,30H2,1-2H3,(H,31,33)(H,34,36)/t19-,20+/m1/s1. The molecular weight excluding hydrogens is 478 g/mol. The second kappa shape index (κ2) is 10.1. The lowest BCUT2D eigenvalue weighted by atomic mass is 10.0. The minimum atomic E-state index is -1.06. The molecule has 1 amide bonds. The Kier molecular flexibility index (Phi) is 6.75. The second-order valence-corrected chi connectivity index (χ2v) is 9.08. The first-order chi connectivity index (χ1) is 17.9. The van der Waals surface area contributed by atoms with Gasteiger partial charge < -0.3 is 21.1 Å². The van der Waals surface area contributed by atoms with E-state index in [9.17, 15) is 13.6 Å². The molecule has 1 saturated carbocycles. The smallest absolute Gasteiger partial charge is 0.251 e. The molecule has 0 radical (unpaired) electrons. The monoisotopic (exact) mass is 506 g/mol. The summed E-state index contributed by atoms with van der Waals surface area (Å²) in [4.78, 5) is 21.7. The van der Waals surface area contributed by atoms with E-state index >= 15 is 0 Å². The third kappa shape index (κ3) is 4.60. The van der Waals surface area contributed by atoms with E-state index in [1.807, 2.05) is 13.0 Å². The molecule has 2 heterocycles. The molecule has 0 saturated heterocycles. The number of nitrogens with zero attached hydrogens (tertiary/aromatic N) is 3. The van der Waals surface area contributed by atoms with Crippen molar-refractivity contribution in [1.29, 1.82) is 0 Å². The van der Waals surface area contributed by atoms with Gasteiger partial charge in [-0.3, -0.25) is 9.20 Å². The zero-order valence-corrected chi connectivity index (χ0v) is 20.6. The Morgan fingerprint density at radius 2 is 2.03 bits per heavy atom. The number of hydrogen-bond donors (Lipinski definition) is 3. The molecule has 4 aromatic rings. The van der Waals surface area contributed by atoms with E-state index in [1.54, 1.807) is 28.9 Å². The first kappa shape index (κ1) is 24.6. The summed E-state index contributed by atoms with van der Waals surface area (Å²) in [6.45, 7) is 1.99. The predicted octanol–water partition coefficient (Wildman–Crippen LogP) is 4.60. The quantitative estimate of drug-likeness (QED) is 0.338. The van der Waals surface area contributed by atoms with Gasteiger partial charge in [-0.25, -0.2) is 14.4 Å². The van der Waals surface area contributed by atoms with E-state index in [1.165, 1.54) is 25.4 Å². The van der Waals surface area contributed by atoms with Crippen molar-refractivity contribution >= 4 is 23.1 Å². The molecule has 0 aliphatic heterocycles. The minimum Gasteiger partial charge on any atom is -0.494 e. The Labute approximate surface area is 212 Å². The maximum Gasteiger partial charge on any atom is 0.251 e. The molecule has 4 N–H and O–H groups in total. The summed E-state index contributed by atoms with van der Waals surface area (Å²) in [5.74, 6) is -1.95. The number of amides is 1. The normalized spacial score (nSPS) is 17.2. The first-order valence-corrected chi connectivity index (χ1v) is 12.2. The average Bonchev–Trinajstić information content (AvgIpc) is 3.52. The summed E-state index contributed by atoms with van der Waals surface area (Å²) >= 11 is 0. The largest absolute Gasteiger partial charge is 0.494 e. The van der Waals surface area contributed by atoms with Crippen LogP contribution >= 0.6 is 0 Å². The van der Waals surface area contributed by atoms with Crippen molar-refractivity contribution in [1.82, 2.24) is 19.7 Å². The highest BCUT2D eigenvalue weighted by molar-refractivity contribution is 5.96. The van der Waals surface area contributed by atoms with Crippen LogP contribution < -0.4 is 21.1 Å². The van der Waals surface area contributed by atoms with Crippen LogP contribution in [0.15, 0.2) is 48.9 Å². The van der Waals surface area contributed by atoms with Crippen LogP contribution in [0.4, 0.5) is 20.3 Å². The SMILES string of the molecule is CCc1cc(Nc2nccn3c(-c4ccc(OC)c(F)c4F)cnc23)ccc1C(=O)N[C@H]1CCC[C@H]1N. The summed E-state index contributed by atoms with van der Waals surface area (Å²) in [7, 11) is 1.28. The summed E-state index contributed by atoms with van der Waals surface area (Å²) in [6.07, 6.45) is 8.12. The lowest BCUT2D eigenvalue weighted by molar-refractivity contribution is 0.0933. The molecule has 0 bridgehead atoms. The average molecular weight is 507 g/mol. The lowest BCUT2D eigenvalue weighted by Crippen LogP contribution is -2.44. The Morgan fingerprint density at radius 3 is 2.76 bits per heavy atom. The summed E-state index contributed by atoms with van der Waals surface area (Å²) in [5.41, 5.74) is 9.17. The van der Waals surface area contributed by atoms with Gasteiger partial charge in [0.15, 0.2) is 23.0 Å². The number of nitrogens with two attached hydrogens (primary N) is 1. The number of carbonyl (C=O) groups is 1. The van der Waals surface area contributed by atoms with Crippen LogP contribution in [0.25, 0.3) is 16.9 Å². The van der Waals surface area contributed by atoms with Crippen LogP contribution in [0.3, 0.4) is 0 Å². The van der Waals surface area contributed by atoms with E-state index in [2.05, 4.69) is 20.6 Å². The summed E-state index contributed by atoms with van der Waals surface area (Å²) in [6, 6.07) is 8.29. The van der Waals surface area contributed by atoms with Crippen molar-refractivity contribution in [3.8, 4) is 17.0 Å². The highest BCUT2D eigenvalue weighted by Gasteiger charge is 2.26. The first-order valence-electron chi connectivity index (χ1n) is 12.2. The molecule has 1 fully saturated rings. The van der Waals surface area contributed by atoms with Crippen molar-refractivity contribution in [2.45, 2.75) is 44.7 Å². The Bertz CT molecular complexity index is 1470. The molecule has 5 rings (SSSR count). The van der Waals surface area contributed by atoms with Crippen molar-refractivity contribution in [2.75, 3.05) is 12.4 Å². The number of anilines is 2. The van der Waals surface area contributed by atoms with E-state index in [0.29, 0.717) is 29.1 Å². The zero-order chi connectivity index (χ0) is 26.1. The zero-order valence-electron chi connectivity index (χ0n) is 20.6. The van der Waals surface area contributed by atoms with Gasteiger partial charge in [0.25, 0.3) is 5.91 Å². The number of imidazole rings is 1. The fourth-order valence-electron chi connectivity index (χ4n) is 4.83. The summed E-state index contributed by atoms with van der Waals surface area (Å²) < 4.78 is 35.6. The van der Waals surface area contributed by atoms with Crippen LogP contribution in [0, 0.1) is 11.6 Å². The van der Waals surface area contributed by atoms with Crippen molar-refractivity contribution in [3.05, 3.63) is 71.7 Å². The van der Waals surface area contributed by atoms with E-state index in [4.69, 9.17) is 10.5 Å². The molecular formula is C27H28F2N6O2. The molecule has 0 spiro atoms. The van der Waals surface area contributed by atoms with E-state index < -0.39 is 11.6 Å². The highest BCUT2D eigenvalue weighted by Crippen LogP contribution is 2.31. The minimum absolute atomic E-state index is 0.00420. The predicted molar refractivity (Wildman–Crippen MR) is 137 cm³/mol. The lowest BCUT2D eigenvalue weighted by Gasteiger charge is -2.19. The fourth-order valence-corrected chi connectivity index (χ4v) is 4.83. The highest BCUT2D eigenvalue weighted by atomic mass is 19.2. The number of halogens is 2. The van der Waals surface area contributed by atoms with Crippen LogP contribution in [0.1, 0.15) is 42.1 Å². The number of ether oxygens (including phenoxy) is 1. The molecule has 10 heteroatoms. The van der Waals surface area contributed by atoms with Gasteiger partial charge in [-0.1, -0.05) is 6.92 Å². The maximum absolute atomic E-state index is 14.8. The van der Waals surface area contributed by atoms with Crippen molar-refractivity contribution in [3.63, 3.8) is 0 Å². The number of hydrogen-bond acceptors (Lipinski definition) is 6. The van der Waals surface area contributed by atoms with Gasteiger partial charge >= 0.3 is 0 Å². The molecule has 2 aromatic heterocycles. The molecule has 37 heavy (non-hydrogen) atoms.